The molecule has 2 fully saturated rings. The van der Waals surface area contributed by atoms with E-state index >= 15 is 0 Å². The Labute approximate surface area is 235 Å². The molecular formula is C28H41BF2N4O5. The van der Waals surface area contributed by atoms with E-state index in [1.54, 1.807) is 11.8 Å². The van der Waals surface area contributed by atoms with Crippen LogP contribution in [0.25, 0.3) is 0 Å². The molecule has 2 saturated heterocycles. The third kappa shape index (κ3) is 7.92. The second-order valence-electron chi connectivity index (χ2n) is 12.1. The van der Waals surface area contributed by atoms with Crippen molar-refractivity contribution in [1.82, 2.24) is 15.1 Å². The highest BCUT2D eigenvalue weighted by Crippen LogP contribution is 2.35. The van der Waals surface area contributed by atoms with Crippen LogP contribution in [0, 0.1) is 29.0 Å². The normalized spacial score (nSPS) is 23.8. The number of alkyl halides is 1. The third-order valence-electron chi connectivity index (χ3n) is 8.34. The van der Waals surface area contributed by atoms with Gasteiger partial charge in [0.2, 0.25) is 5.91 Å². The highest BCUT2D eigenvalue weighted by molar-refractivity contribution is 6.43. The zero-order valence-corrected chi connectivity index (χ0v) is 23.8. The van der Waals surface area contributed by atoms with Crippen molar-refractivity contribution in [2.45, 2.75) is 83.0 Å². The first kappa shape index (κ1) is 31.8. The van der Waals surface area contributed by atoms with Gasteiger partial charge in [0.05, 0.1) is 17.5 Å². The molecule has 0 aliphatic carbocycles. The van der Waals surface area contributed by atoms with E-state index in [4.69, 9.17) is 4.74 Å². The van der Waals surface area contributed by atoms with Gasteiger partial charge in [-0.05, 0) is 76.5 Å². The summed E-state index contributed by atoms with van der Waals surface area (Å²) in [6, 6.07) is 7.63. The average Bonchev–Trinajstić information content (AvgIpc) is 3.50. The van der Waals surface area contributed by atoms with Crippen LogP contribution >= 0.6 is 0 Å². The summed E-state index contributed by atoms with van der Waals surface area (Å²) in [5.41, 5.74) is -0.611. The molecule has 2 aliphatic rings. The van der Waals surface area contributed by atoms with Gasteiger partial charge in [-0.25, -0.2) is 13.6 Å². The number of hydrogen-bond acceptors (Lipinski definition) is 7. The van der Waals surface area contributed by atoms with E-state index in [0.29, 0.717) is 50.9 Å². The minimum atomic E-state index is -1.88. The van der Waals surface area contributed by atoms with Gasteiger partial charge in [0, 0.05) is 25.2 Å². The van der Waals surface area contributed by atoms with E-state index in [0.717, 1.165) is 0 Å². The molecule has 0 radical (unpaired) electrons. The van der Waals surface area contributed by atoms with E-state index in [1.807, 2.05) is 20.8 Å². The Morgan fingerprint density at radius 2 is 1.98 bits per heavy atom. The number of benzene rings is 1. The molecule has 5 atom stereocenters. The van der Waals surface area contributed by atoms with Crippen molar-refractivity contribution in [2.24, 2.45) is 11.8 Å². The van der Waals surface area contributed by atoms with Crippen LogP contribution in [-0.2, 0) is 16.0 Å². The lowest BCUT2D eigenvalue weighted by Crippen LogP contribution is -2.53. The number of nitrogens with zero attached hydrogens (tertiary/aromatic N) is 3. The molecule has 1 aromatic rings. The molecule has 2 heterocycles. The lowest BCUT2D eigenvalue weighted by atomic mass is 9.76. The number of alkyl carbamates (subject to hydrolysis) is 1. The van der Waals surface area contributed by atoms with Gasteiger partial charge in [-0.1, -0.05) is 19.1 Å². The number of nitrogens with one attached hydrogen (secondary N) is 1. The zero-order chi connectivity index (χ0) is 29.7. The van der Waals surface area contributed by atoms with Crippen molar-refractivity contribution in [3.05, 3.63) is 35.6 Å². The monoisotopic (exact) mass is 562 g/mol. The van der Waals surface area contributed by atoms with Gasteiger partial charge in [0.15, 0.2) is 0 Å². The molecule has 2 amide bonds. The molecule has 0 spiro atoms. The van der Waals surface area contributed by atoms with E-state index in [2.05, 4.69) is 16.3 Å². The number of rotatable bonds is 11. The van der Waals surface area contributed by atoms with Crippen LogP contribution in [0.3, 0.4) is 0 Å². The lowest BCUT2D eigenvalue weighted by molar-refractivity contribution is -0.140. The maximum atomic E-state index is 13.8. The van der Waals surface area contributed by atoms with Crippen LogP contribution in [0.2, 0.25) is 0 Å². The lowest BCUT2D eigenvalue weighted by Gasteiger charge is -2.40. The fourth-order valence-electron chi connectivity index (χ4n) is 5.96. The minimum absolute atomic E-state index is 0.0381. The smallest absolute Gasteiger partial charge is 0.447 e. The summed E-state index contributed by atoms with van der Waals surface area (Å²) in [5.74, 6) is -3.03. The highest BCUT2D eigenvalue weighted by atomic mass is 19.1. The Kier molecular flexibility index (Phi) is 10.5. The van der Waals surface area contributed by atoms with E-state index in [1.165, 1.54) is 24.3 Å². The van der Waals surface area contributed by atoms with E-state index in [-0.39, 0.29) is 30.4 Å². The van der Waals surface area contributed by atoms with Crippen molar-refractivity contribution in [3.63, 3.8) is 0 Å². The number of ether oxygens (including phenoxy) is 1. The number of hydrogen-bond donors (Lipinski definition) is 3. The summed E-state index contributed by atoms with van der Waals surface area (Å²) in [4.78, 5) is 29.9. The molecular weight excluding hydrogens is 521 g/mol. The van der Waals surface area contributed by atoms with Gasteiger partial charge in [-0.15, -0.1) is 0 Å². The van der Waals surface area contributed by atoms with Crippen LogP contribution in [0.5, 0.6) is 0 Å². The van der Waals surface area contributed by atoms with Crippen LogP contribution in [-0.4, -0.2) is 88.4 Å². The number of amides is 2. The fraction of sp³-hybridized carbons (Fsp3) is 0.679. The van der Waals surface area contributed by atoms with Gasteiger partial charge in [0.25, 0.3) is 0 Å². The molecule has 220 valence electrons. The first-order chi connectivity index (χ1) is 18.8. The van der Waals surface area contributed by atoms with Gasteiger partial charge in [-0.2, -0.15) is 5.26 Å². The van der Waals surface area contributed by atoms with E-state index in [9.17, 15) is 33.7 Å². The number of nitriles is 1. The largest absolute Gasteiger partial charge is 0.475 e. The molecule has 1 aromatic carbocycles. The van der Waals surface area contributed by atoms with Crippen LogP contribution in [0.1, 0.15) is 58.9 Å². The minimum Gasteiger partial charge on any atom is -0.447 e. The molecule has 40 heavy (non-hydrogen) atoms. The van der Waals surface area contributed by atoms with Gasteiger partial charge >= 0.3 is 13.2 Å². The summed E-state index contributed by atoms with van der Waals surface area (Å²) >= 11 is 0. The fourth-order valence-corrected chi connectivity index (χ4v) is 5.96. The predicted molar refractivity (Wildman–Crippen MR) is 146 cm³/mol. The summed E-state index contributed by atoms with van der Waals surface area (Å²) in [6.45, 7) is 8.98. The standard InChI is InChI=1S/C28H41BF2N4O5/c1-19(15-27(2,3)34-13-10-22(31)17-34)23(16-32)25(36)35-12-5-11-28(35,4)18-40-26(37)33-24(29(38)39)14-20-6-8-21(30)9-7-20/h6-9,19,22-24,38-39H,5,10-15,17-18H2,1-4H3,(H,33,37)/t19?,22-,23?,24+,28-/m1/s1. The van der Waals surface area contributed by atoms with Gasteiger partial charge in [0.1, 0.15) is 24.5 Å². The van der Waals surface area contributed by atoms with Crippen molar-refractivity contribution in [1.29, 1.82) is 5.26 Å². The molecule has 3 rings (SSSR count). The first-order valence-corrected chi connectivity index (χ1v) is 13.9. The van der Waals surface area contributed by atoms with Crippen LogP contribution < -0.4 is 5.32 Å². The Hall–Kier alpha value is -2.75. The summed E-state index contributed by atoms with van der Waals surface area (Å²) < 4.78 is 32.4. The number of likely N-dealkylation sites (tertiary alicyclic amines) is 2. The van der Waals surface area contributed by atoms with Crippen molar-refractivity contribution < 1.29 is 33.2 Å². The maximum Gasteiger partial charge on any atom is 0.475 e. The van der Waals surface area contributed by atoms with Gasteiger partial charge < -0.3 is 25.0 Å². The van der Waals surface area contributed by atoms with Gasteiger partial charge in [-0.3, -0.25) is 9.69 Å². The van der Waals surface area contributed by atoms with Crippen LogP contribution in [0.4, 0.5) is 13.6 Å². The van der Waals surface area contributed by atoms with E-state index < -0.39 is 42.6 Å². The second kappa shape index (κ2) is 13.3. The first-order valence-electron chi connectivity index (χ1n) is 13.9. The highest BCUT2D eigenvalue weighted by Gasteiger charge is 2.45. The molecule has 0 aromatic heterocycles. The number of carbonyl (C=O) groups is 2. The summed E-state index contributed by atoms with van der Waals surface area (Å²) in [5, 5.41) is 31.9. The Morgan fingerprint density at radius 3 is 2.55 bits per heavy atom. The van der Waals surface area contributed by atoms with Crippen molar-refractivity contribution >= 4 is 19.1 Å². The third-order valence-corrected chi connectivity index (χ3v) is 8.34. The summed E-state index contributed by atoms with van der Waals surface area (Å²) in [7, 11) is -1.88. The second-order valence-corrected chi connectivity index (χ2v) is 12.1. The molecule has 2 unspecified atom stereocenters. The Morgan fingerprint density at radius 1 is 1.30 bits per heavy atom. The van der Waals surface area contributed by atoms with Crippen molar-refractivity contribution in [2.75, 3.05) is 26.2 Å². The molecule has 3 N–H and O–H groups in total. The molecule has 0 saturated carbocycles. The average molecular weight is 562 g/mol. The molecule has 9 nitrogen and oxygen atoms in total. The molecule has 2 aliphatic heterocycles. The predicted octanol–water partition coefficient (Wildman–Crippen LogP) is 2.84. The Bertz CT molecular complexity index is 1070. The zero-order valence-electron chi connectivity index (χ0n) is 23.8. The maximum absolute atomic E-state index is 13.8. The number of carbonyl (C=O) groups excluding carboxylic acids is 2. The molecule has 12 heteroatoms. The van der Waals surface area contributed by atoms with Crippen LogP contribution in [0.15, 0.2) is 24.3 Å². The number of halogens is 2. The quantitative estimate of drug-likeness (QED) is 0.354. The van der Waals surface area contributed by atoms with Crippen molar-refractivity contribution in [3.8, 4) is 6.07 Å². The molecule has 0 bridgehead atoms. The Balaban J connectivity index is 1.60. The summed E-state index contributed by atoms with van der Waals surface area (Å²) in [6.07, 6.45) is 0.579. The SMILES string of the molecule is CC(CC(C)(C)N1CC[C@@H](F)C1)C(C#N)C(=O)N1CCC[C@]1(C)COC(=O)N[C@@H](Cc1ccc(F)cc1)B(O)O. The topological polar surface area (TPSA) is 126 Å².